The minimum atomic E-state index is -0.685. The molecule has 0 aliphatic carbocycles. The second-order valence-corrected chi connectivity index (χ2v) is 7.88. The predicted octanol–water partition coefficient (Wildman–Crippen LogP) is 2.24. The summed E-state index contributed by atoms with van der Waals surface area (Å²) < 4.78 is 11.4. The Balaban J connectivity index is 2.41. The standard InChI is InChI=1S/C15H32N2OS/c1-6-9-16-15-8-11-17(14(4)13(15)3)10-7-12(2)19(5)18/h12-16H,6-11H2,1-5H3. The molecule has 5 atom stereocenters. The number of hydrogen-bond donors (Lipinski definition) is 1. The van der Waals surface area contributed by atoms with Gasteiger partial charge in [-0.1, -0.05) is 20.8 Å². The minimum Gasteiger partial charge on any atom is -0.314 e. The summed E-state index contributed by atoms with van der Waals surface area (Å²) in [7, 11) is -0.685. The van der Waals surface area contributed by atoms with Gasteiger partial charge in [-0.3, -0.25) is 4.21 Å². The predicted molar refractivity (Wildman–Crippen MR) is 85.0 cm³/mol. The number of piperidine rings is 1. The van der Waals surface area contributed by atoms with Crippen LogP contribution in [-0.4, -0.2) is 52.3 Å². The van der Waals surface area contributed by atoms with Crippen molar-refractivity contribution in [1.82, 2.24) is 10.2 Å². The van der Waals surface area contributed by atoms with Crippen molar-refractivity contribution in [2.75, 3.05) is 25.9 Å². The molecule has 1 heterocycles. The van der Waals surface area contributed by atoms with Gasteiger partial charge in [0.25, 0.3) is 0 Å². The van der Waals surface area contributed by atoms with E-state index < -0.39 is 10.8 Å². The third kappa shape index (κ3) is 5.16. The van der Waals surface area contributed by atoms with Crippen molar-refractivity contribution in [3.63, 3.8) is 0 Å². The molecule has 0 aromatic carbocycles. The van der Waals surface area contributed by atoms with Crippen LogP contribution < -0.4 is 5.32 Å². The minimum absolute atomic E-state index is 0.318. The second-order valence-electron chi connectivity index (χ2n) is 6.08. The Bertz CT molecular complexity index is 285. The van der Waals surface area contributed by atoms with Gasteiger partial charge in [0.15, 0.2) is 0 Å². The van der Waals surface area contributed by atoms with E-state index in [0.717, 1.165) is 19.5 Å². The van der Waals surface area contributed by atoms with E-state index >= 15 is 0 Å². The maximum atomic E-state index is 11.4. The highest BCUT2D eigenvalue weighted by molar-refractivity contribution is 7.84. The molecule has 0 aromatic heterocycles. The Morgan fingerprint density at radius 3 is 2.68 bits per heavy atom. The lowest BCUT2D eigenvalue weighted by Gasteiger charge is -2.43. The molecule has 0 aromatic rings. The first-order valence-electron chi connectivity index (χ1n) is 7.77. The lowest BCUT2D eigenvalue weighted by atomic mass is 9.87. The summed E-state index contributed by atoms with van der Waals surface area (Å²) in [5, 5.41) is 4.00. The van der Waals surface area contributed by atoms with E-state index in [4.69, 9.17) is 0 Å². The average molecular weight is 289 g/mol. The highest BCUT2D eigenvalue weighted by atomic mass is 32.2. The first-order valence-corrected chi connectivity index (χ1v) is 9.39. The molecule has 114 valence electrons. The van der Waals surface area contributed by atoms with Crippen LogP contribution >= 0.6 is 0 Å². The van der Waals surface area contributed by atoms with E-state index in [1.807, 2.05) is 6.26 Å². The first kappa shape index (κ1) is 17.1. The number of likely N-dealkylation sites (tertiary alicyclic amines) is 1. The van der Waals surface area contributed by atoms with Crippen LogP contribution in [0, 0.1) is 5.92 Å². The van der Waals surface area contributed by atoms with Crippen LogP contribution in [0.2, 0.25) is 0 Å². The molecular formula is C15H32N2OS. The molecule has 1 rings (SSSR count). The summed E-state index contributed by atoms with van der Waals surface area (Å²) in [6, 6.07) is 1.30. The lowest BCUT2D eigenvalue weighted by Crippen LogP contribution is -2.53. The van der Waals surface area contributed by atoms with Crippen LogP contribution in [0.5, 0.6) is 0 Å². The summed E-state index contributed by atoms with van der Waals surface area (Å²) in [6.45, 7) is 12.4. The zero-order chi connectivity index (χ0) is 14.4. The van der Waals surface area contributed by atoms with Gasteiger partial charge in [0.2, 0.25) is 0 Å². The number of rotatable bonds is 7. The monoisotopic (exact) mass is 288 g/mol. The molecule has 1 saturated heterocycles. The second kappa shape index (κ2) is 8.38. The van der Waals surface area contributed by atoms with E-state index in [1.54, 1.807) is 0 Å². The highest BCUT2D eigenvalue weighted by Gasteiger charge is 2.31. The molecular weight excluding hydrogens is 256 g/mol. The van der Waals surface area contributed by atoms with E-state index in [2.05, 4.69) is 37.9 Å². The van der Waals surface area contributed by atoms with Crippen molar-refractivity contribution in [3.05, 3.63) is 0 Å². The summed E-state index contributed by atoms with van der Waals surface area (Å²) in [6.07, 6.45) is 5.32. The van der Waals surface area contributed by atoms with Gasteiger partial charge in [-0.15, -0.1) is 0 Å². The van der Waals surface area contributed by atoms with Crippen molar-refractivity contribution in [2.45, 2.75) is 64.3 Å². The Kier molecular flexibility index (Phi) is 7.55. The van der Waals surface area contributed by atoms with E-state index in [9.17, 15) is 4.21 Å². The zero-order valence-electron chi connectivity index (χ0n) is 13.3. The van der Waals surface area contributed by atoms with Gasteiger partial charge < -0.3 is 10.2 Å². The molecule has 0 spiro atoms. The topological polar surface area (TPSA) is 32.3 Å². The zero-order valence-corrected chi connectivity index (χ0v) is 14.1. The van der Waals surface area contributed by atoms with E-state index in [1.165, 1.54) is 19.4 Å². The van der Waals surface area contributed by atoms with Crippen LogP contribution in [0.25, 0.3) is 0 Å². The average Bonchev–Trinajstić information content (AvgIpc) is 2.38. The van der Waals surface area contributed by atoms with Crippen LogP contribution in [0.3, 0.4) is 0 Å². The summed E-state index contributed by atoms with van der Waals surface area (Å²) in [5.74, 6) is 0.697. The molecule has 1 N–H and O–H groups in total. The quantitative estimate of drug-likeness (QED) is 0.780. The Morgan fingerprint density at radius 2 is 2.11 bits per heavy atom. The summed E-state index contributed by atoms with van der Waals surface area (Å²) in [5.41, 5.74) is 0. The molecule has 1 aliphatic heterocycles. The van der Waals surface area contributed by atoms with Gasteiger partial charge in [0.05, 0.1) is 0 Å². The van der Waals surface area contributed by atoms with Gasteiger partial charge in [0.1, 0.15) is 0 Å². The summed E-state index contributed by atoms with van der Waals surface area (Å²) >= 11 is 0. The smallest absolute Gasteiger partial charge is 0.0329 e. The molecule has 0 bridgehead atoms. The van der Waals surface area contributed by atoms with Gasteiger partial charge in [-0.05, 0) is 51.7 Å². The maximum absolute atomic E-state index is 11.4. The van der Waals surface area contributed by atoms with Crippen molar-refractivity contribution in [3.8, 4) is 0 Å². The van der Waals surface area contributed by atoms with Gasteiger partial charge in [-0.25, -0.2) is 0 Å². The van der Waals surface area contributed by atoms with Crippen LogP contribution in [0.1, 0.15) is 47.0 Å². The molecule has 0 amide bonds. The van der Waals surface area contributed by atoms with Crippen molar-refractivity contribution < 1.29 is 4.21 Å². The normalized spacial score (nSPS) is 32.2. The molecule has 0 radical (unpaired) electrons. The summed E-state index contributed by atoms with van der Waals surface area (Å²) in [4.78, 5) is 2.58. The molecule has 0 saturated carbocycles. The highest BCUT2D eigenvalue weighted by Crippen LogP contribution is 2.24. The van der Waals surface area contributed by atoms with Gasteiger partial charge in [-0.2, -0.15) is 0 Å². The fraction of sp³-hybridized carbons (Fsp3) is 1.00. The Morgan fingerprint density at radius 1 is 1.42 bits per heavy atom. The maximum Gasteiger partial charge on any atom is 0.0329 e. The number of nitrogens with one attached hydrogen (secondary N) is 1. The molecule has 4 heteroatoms. The largest absolute Gasteiger partial charge is 0.314 e. The molecule has 19 heavy (non-hydrogen) atoms. The fourth-order valence-electron chi connectivity index (χ4n) is 2.89. The number of nitrogens with zero attached hydrogens (tertiary/aromatic N) is 1. The SMILES string of the molecule is CCCNC1CCN(CCC(C)S(C)=O)C(C)C1C. The van der Waals surface area contributed by atoms with Crippen molar-refractivity contribution in [1.29, 1.82) is 0 Å². The van der Waals surface area contributed by atoms with Crippen molar-refractivity contribution in [2.24, 2.45) is 5.92 Å². The van der Waals surface area contributed by atoms with E-state index in [-0.39, 0.29) is 0 Å². The fourth-order valence-corrected chi connectivity index (χ4v) is 3.32. The Labute approximate surface area is 122 Å². The molecule has 5 unspecified atom stereocenters. The molecule has 3 nitrogen and oxygen atoms in total. The van der Waals surface area contributed by atoms with Crippen LogP contribution in [0.15, 0.2) is 0 Å². The van der Waals surface area contributed by atoms with Gasteiger partial charge >= 0.3 is 0 Å². The third-order valence-corrected chi connectivity index (χ3v) is 6.11. The Hall–Kier alpha value is 0.0700. The van der Waals surface area contributed by atoms with Crippen LogP contribution in [-0.2, 0) is 10.8 Å². The van der Waals surface area contributed by atoms with Crippen LogP contribution in [0.4, 0.5) is 0 Å². The molecule has 1 fully saturated rings. The first-order chi connectivity index (χ1) is 8.97. The number of hydrogen-bond acceptors (Lipinski definition) is 3. The third-order valence-electron chi connectivity index (χ3n) is 4.74. The van der Waals surface area contributed by atoms with E-state index in [0.29, 0.717) is 23.3 Å². The van der Waals surface area contributed by atoms with Crippen molar-refractivity contribution >= 4 is 10.8 Å². The molecule has 1 aliphatic rings. The lowest BCUT2D eigenvalue weighted by molar-refractivity contribution is 0.0841. The van der Waals surface area contributed by atoms with Gasteiger partial charge in [0, 0.05) is 34.4 Å².